The minimum Gasteiger partial charge on any atom is -0.370 e. The minimum absolute atomic E-state index is 0.453. The summed E-state index contributed by atoms with van der Waals surface area (Å²) in [4.78, 5) is 2.68. The SMILES string of the molecule is CS(=O)(=O)c1ccccc1N1CCCC(CCBr)C1. The van der Waals surface area contributed by atoms with Crippen LogP contribution in [0.15, 0.2) is 29.2 Å². The molecule has 0 aromatic heterocycles. The lowest BCUT2D eigenvalue weighted by molar-refractivity contribution is 0.406. The molecule has 1 heterocycles. The summed E-state index contributed by atoms with van der Waals surface area (Å²) >= 11 is 3.49. The maximum Gasteiger partial charge on any atom is 0.177 e. The quantitative estimate of drug-likeness (QED) is 0.787. The number of para-hydroxylation sites is 1. The van der Waals surface area contributed by atoms with E-state index in [0.29, 0.717) is 10.8 Å². The van der Waals surface area contributed by atoms with E-state index < -0.39 is 9.84 Å². The highest BCUT2D eigenvalue weighted by Crippen LogP contribution is 2.30. The molecule has 1 aromatic carbocycles. The van der Waals surface area contributed by atoms with Crippen molar-refractivity contribution in [1.29, 1.82) is 0 Å². The van der Waals surface area contributed by atoms with E-state index in [1.165, 1.54) is 12.7 Å². The van der Waals surface area contributed by atoms with Crippen LogP contribution < -0.4 is 4.90 Å². The molecule has 2 rings (SSSR count). The van der Waals surface area contributed by atoms with Crippen LogP contribution in [0.1, 0.15) is 19.3 Å². The van der Waals surface area contributed by atoms with Gasteiger partial charge in [-0.25, -0.2) is 8.42 Å². The van der Waals surface area contributed by atoms with Crippen molar-refractivity contribution in [1.82, 2.24) is 0 Å². The van der Waals surface area contributed by atoms with E-state index >= 15 is 0 Å². The van der Waals surface area contributed by atoms with E-state index in [-0.39, 0.29) is 0 Å². The summed E-state index contributed by atoms with van der Waals surface area (Å²) in [5, 5.41) is 1.01. The molecule has 3 nitrogen and oxygen atoms in total. The molecule has 1 fully saturated rings. The highest BCUT2D eigenvalue weighted by Gasteiger charge is 2.23. The van der Waals surface area contributed by atoms with E-state index in [4.69, 9.17) is 0 Å². The molecule has 106 valence electrons. The van der Waals surface area contributed by atoms with Crippen LogP contribution in [0.25, 0.3) is 0 Å². The molecule has 0 amide bonds. The summed E-state index contributed by atoms with van der Waals surface area (Å²) in [5.74, 6) is 0.653. The van der Waals surface area contributed by atoms with Gasteiger partial charge in [0.15, 0.2) is 9.84 Å². The molecule has 1 aliphatic rings. The zero-order valence-electron chi connectivity index (χ0n) is 11.2. The molecule has 1 unspecified atom stereocenters. The Morgan fingerprint density at radius 1 is 1.37 bits per heavy atom. The fraction of sp³-hybridized carbons (Fsp3) is 0.571. The van der Waals surface area contributed by atoms with Crippen LogP contribution >= 0.6 is 15.9 Å². The minimum atomic E-state index is -3.16. The van der Waals surface area contributed by atoms with Crippen LogP contribution in [-0.4, -0.2) is 33.1 Å². The maximum atomic E-state index is 11.9. The van der Waals surface area contributed by atoms with Gasteiger partial charge in [0.2, 0.25) is 0 Å². The van der Waals surface area contributed by atoms with Gasteiger partial charge < -0.3 is 4.90 Å². The summed E-state index contributed by atoms with van der Waals surface area (Å²) in [6.45, 7) is 1.91. The highest BCUT2D eigenvalue weighted by molar-refractivity contribution is 9.09. The van der Waals surface area contributed by atoms with Crippen molar-refractivity contribution in [2.75, 3.05) is 29.6 Å². The molecule has 1 saturated heterocycles. The number of alkyl halides is 1. The van der Waals surface area contributed by atoms with Gasteiger partial charge in [0.1, 0.15) is 0 Å². The first-order chi connectivity index (χ1) is 9.02. The molecule has 0 bridgehead atoms. The molecule has 0 spiro atoms. The largest absolute Gasteiger partial charge is 0.370 e. The monoisotopic (exact) mass is 345 g/mol. The molecule has 19 heavy (non-hydrogen) atoms. The first-order valence-corrected chi connectivity index (χ1v) is 9.63. The third kappa shape index (κ3) is 3.72. The van der Waals surface area contributed by atoms with Crippen molar-refractivity contribution >= 4 is 31.5 Å². The highest BCUT2D eigenvalue weighted by atomic mass is 79.9. The summed E-state index contributed by atoms with van der Waals surface area (Å²) < 4.78 is 23.7. The fourth-order valence-corrected chi connectivity index (χ4v) is 4.26. The van der Waals surface area contributed by atoms with Crippen LogP contribution in [0.5, 0.6) is 0 Å². The van der Waals surface area contributed by atoms with Gasteiger partial charge in [0.05, 0.1) is 10.6 Å². The predicted molar refractivity (Wildman–Crippen MR) is 82.9 cm³/mol. The normalized spacial score (nSPS) is 20.5. The van der Waals surface area contributed by atoms with Gasteiger partial charge in [-0.1, -0.05) is 28.1 Å². The Morgan fingerprint density at radius 2 is 2.11 bits per heavy atom. The van der Waals surface area contributed by atoms with Gasteiger partial charge in [-0.2, -0.15) is 0 Å². The van der Waals surface area contributed by atoms with Crippen LogP contribution in [0.2, 0.25) is 0 Å². The van der Waals surface area contributed by atoms with Crippen LogP contribution in [0.4, 0.5) is 5.69 Å². The summed E-state index contributed by atoms with van der Waals surface area (Å²) in [5.41, 5.74) is 0.865. The lowest BCUT2D eigenvalue weighted by atomic mass is 9.95. The van der Waals surface area contributed by atoms with Gasteiger partial charge in [-0.05, 0) is 37.3 Å². The number of hydrogen-bond acceptors (Lipinski definition) is 3. The Hall–Kier alpha value is -0.550. The van der Waals surface area contributed by atoms with E-state index in [0.717, 1.165) is 36.9 Å². The lowest BCUT2D eigenvalue weighted by Crippen LogP contribution is -2.36. The van der Waals surface area contributed by atoms with E-state index in [1.807, 2.05) is 12.1 Å². The second-order valence-electron chi connectivity index (χ2n) is 5.17. The lowest BCUT2D eigenvalue weighted by Gasteiger charge is -2.35. The summed E-state index contributed by atoms with van der Waals surface area (Å²) in [6, 6.07) is 7.34. The average Bonchev–Trinajstić information content (AvgIpc) is 2.38. The van der Waals surface area contributed by atoms with E-state index in [9.17, 15) is 8.42 Å². The van der Waals surface area contributed by atoms with Crippen LogP contribution in [0.3, 0.4) is 0 Å². The number of halogens is 1. The molecule has 1 aromatic rings. The van der Waals surface area contributed by atoms with Gasteiger partial charge in [0, 0.05) is 24.7 Å². The molecule has 0 saturated carbocycles. The van der Waals surface area contributed by atoms with Crippen molar-refractivity contribution in [3.05, 3.63) is 24.3 Å². The second-order valence-corrected chi connectivity index (χ2v) is 7.95. The molecule has 0 N–H and O–H groups in total. The maximum absolute atomic E-state index is 11.9. The Bertz CT molecular complexity index is 528. The first-order valence-electron chi connectivity index (χ1n) is 6.62. The van der Waals surface area contributed by atoms with Crippen molar-refractivity contribution < 1.29 is 8.42 Å². The summed E-state index contributed by atoms with van der Waals surface area (Å²) in [7, 11) is -3.16. The Balaban J connectivity index is 2.27. The van der Waals surface area contributed by atoms with Gasteiger partial charge in [-0.3, -0.25) is 0 Å². The first kappa shape index (κ1) is 14.9. The molecule has 0 radical (unpaired) electrons. The smallest absolute Gasteiger partial charge is 0.177 e. The van der Waals surface area contributed by atoms with Crippen molar-refractivity contribution in [3.8, 4) is 0 Å². The molecular formula is C14H20BrNO2S. The van der Waals surface area contributed by atoms with Gasteiger partial charge in [0.25, 0.3) is 0 Å². The number of nitrogens with zero attached hydrogens (tertiary/aromatic N) is 1. The van der Waals surface area contributed by atoms with E-state index in [1.54, 1.807) is 12.1 Å². The zero-order chi connectivity index (χ0) is 13.9. The van der Waals surface area contributed by atoms with Gasteiger partial charge in [-0.15, -0.1) is 0 Å². The Labute approximate surface area is 124 Å². The number of rotatable bonds is 4. The Morgan fingerprint density at radius 3 is 2.79 bits per heavy atom. The number of sulfone groups is 1. The molecule has 5 heteroatoms. The van der Waals surface area contributed by atoms with E-state index in [2.05, 4.69) is 20.8 Å². The van der Waals surface area contributed by atoms with Gasteiger partial charge >= 0.3 is 0 Å². The standard InChI is InChI=1S/C14H20BrNO2S/c1-19(17,18)14-7-3-2-6-13(14)16-10-4-5-12(11-16)8-9-15/h2-3,6-7,12H,4-5,8-11H2,1H3. The number of benzene rings is 1. The molecular weight excluding hydrogens is 326 g/mol. The third-order valence-electron chi connectivity index (χ3n) is 3.64. The molecule has 0 aliphatic carbocycles. The Kier molecular flexibility index (Phi) is 4.90. The summed E-state index contributed by atoms with van der Waals surface area (Å²) in [6.07, 6.45) is 4.81. The second kappa shape index (κ2) is 6.27. The zero-order valence-corrected chi connectivity index (χ0v) is 13.6. The van der Waals surface area contributed by atoms with Crippen molar-refractivity contribution in [2.45, 2.75) is 24.2 Å². The van der Waals surface area contributed by atoms with Crippen molar-refractivity contribution in [3.63, 3.8) is 0 Å². The third-order valence-corrected chi connectivity index (χ3v) is 5.24. The fourth-order valence-electron chi connectivity index (χ4n) is 2.71. The van der Waals surface area contributed by atoms with Crippen molar-refractivity contribution in [2.24, 2.45) is 5.92 Å². The molecule has 1 atom stereocenters. The average molecular weight is 346 g/mol. The van der Waals surface area contributed by atoms with Crippen LogP contribution in [-0.2, 0) is 9.84 Å². The number of hydrogen-bond donors (Lipinski definition) is 0. The predicted octanol–water partition coefficient (Wildman–Crippen LogP) is 3.09. The number of piperidine rings is 1. The van der Waals surface area contributed by atoms with Crippen LogP contribution in [0, 0.1) is 5.92 Å². The topological polar surface area (TPSA) is 37.4 Å². The molecule has 1 aliphatic heterocycles. The number of anilines is 1.